The van der Waals surface area contributed by atoms with Gasteiger partial charge in [0.25, 0.3) is 0 Å². The molecule has 1 fully saturated rings. The number of aliphatic hydroxyl groups excluding tert-OH is 1. The first-order valence-electron chi connectivity index (χ1n) is 6.81. The van der Waals surface area contributed by atoms with E-state index in [0.29, 0.717) is 12.0 Å². The monoisotopic (exact) mass is 228 g/mol. The lowest BCUT2D eigenvalue weighted by molar-refractivity contribution is 0.0901. The molecule has 0 aromatic carbocycles. The molecule has 3 unspecified atom stereocenters. The predicted octanol–water partition coefficient (Wildman–Crippen LogP) is 1.60. The molecule has 3 N–H and O–H groups in total. The van der Waals surface area contributed by atoms with Crippen molar-refractivity contribution in [1.29, 1.82) is 0 Å². The quantitative estimate of drug-likeness (QED) is 0.726. The van der Waals surface area contributed by atoms with Crippen LogP contribution in [-0.2, 0) is 0 Å². The molecule has 0 spiro atoms. The molecule has 16 heavy (non-hydrogen) atoms. The number of rotatable bonds is 6. The lowest BCUT2D eigenvalue weighted by Gasteiger charge is -2.37. The standard InChI is InChI=1S/C13H28N2O/c1-3-5-6-15-9-11(7-12(14)10-15)8-13(16)4-2/h11-13,16H,3-10,14H2,1-2H3. The molecule has 1 saturated heterocycles. The number of unbranched alkanes of at least 4 members (excludes halogenated alkanes) is 1. The largest absolute Gasteiger partial charge is 0.393 e. The Bertz CT molecular complexity index is 187. The number of aliphatic hydroxyl groups is 1. The highest BCUT2D eigenvalue weighted by atomic mass is 16.3. The van der Waals surface area contributed by atoms with Gasteiger partial charge in [-0.25, -0.2) is 0 Å². The van der Waals surface area contributed by atoms with E-state index in [-0.39, 0.29) is 6.10 Å². The van der Waals surface area contributed by atoms with Gasteiger partial charge in [0.15, 0.2) is 0 Å². The summed E-state index contributed by atoms with van der Waals surface area (Å²) in [6, 6.07) is 0.305. The highest BCUT2D eigenvalue weighted by Gasteiger charge is 2.25. The molecular weight excluding hydrogens is 200 g/mol. The molecule has 3 atom stereocenters. The third kappa shape index (κ3) is 4.81. The van der Waals surface area contributed by atoms with Gasteiger partial charge >= 0.3 is 0 Å². The Morgan fingerprint density at radius 2 is 2.12 bits per heavy atom. The van der Waals surface area contributed by atoms with E-state index in [0.717, 1.165) is 32.4 Å². The summed E-state index contributed by atoms with van der Waals surface area (Å²) in [6.45, 7) is 7.61. The SMILES string of the molecule is CCCCN1CC(N)CC(CC(O)CC)C1. The van der Waals surface area contributed by atoms with Gasteiger partial charge in [-0.05, 0) is 38.1 Å². The second kappa shape index (κ2) is 7.25. The van der Waals surface area contributed by atoms with Crippen molar-refractivity contribution in [2.45, 2.75) is 58.1 Å². The number of piperidine rings is 1. The lowest BCUT2D eigenvalue weighted by atomic mass is 9.89. The zero-order valence-corrected chi connectivity index (χ0v) is 10.9. The molecule has 1 aliphatic rings. The van der Waals surface area contributed by atoms with Crippen molar-refractivity contribution < 1.29 is 5.11 Å². The van der Waals surface area contributed by atoms with E-state index < -0.39 is 0 Å². The van der Waals surface area contributed by atoms with Crippen LogP contribution in [0.15, 0.2) is 0 Å². The van der Waals surface area contributed by atoms with Crippen LogP contribution in [0, 0.1) is 5.92 Å². The molecule has 1 aliphatic heterocycles. The summed E-state index contributed by atoms with van der Waals surface area (Å²) in [4.78, 5) is 2.48. The summed E-state index contributed by atoms with van der Waals surface area (Å²) >= 11 is 0. The van der Waals surface area contributed by atoms with Crippen molar-refractivity contribution in [3.63, 3.8) is 0 Å². The Morgan fingerprint density at radius 3 is 2.75 bits per heavy atom. The number of nitrogens with two attached hydrogens (primary N) is 1. The predicted molar refractivity (Wildman–Crippen MR) is 68.3 cm³/mol. The molecule has 0 saturated carbocycles. The van der Waals surface area contributed by atoms with E-state index in [1.807, 2.05) is 6.92 Å². The molecular formula is C13H28N2O. The molecule has 96 valence electrons. The molecule has 0 aromatic rings. The summed E-state index contributed by atoms with van der Waals surface area (Å²) in [5.74, 6) is 0.593. The zero-order chi connectivity index (χ0) is 12.0. The summed E-state index contributed by atoms with van der Waals surface area (Å²) in [5, 5.41) is 9.70. The average Bonchev–Trinajstić information content (AvgIpc) is 2.25. The van der Waals surface area contributed by atoms with Gasteiger partial charge in [-0.1, -0.05) is 20.3 Å². The first-order chi connectivity index (χ1) is 7.65. The molecule has 0 aliphatic carbocycles. The van der Waals surface area contributed by atoms with Crippen LogP contribution in [-0.4, -0.2) is 41.8 Å². The minimum atomic E-state index is -0.136. The van der Waals surface area contributed by atoms with Crippen LogP contribution in [0.25, 0.3) is 0 Å². The van der Waals surface area contributed by atoms with E-state index in [1.54, 1.807) is 0 Å². The van der Waals surface area contributed by atoms with Gasteiger partial charge in [0, 0.05) is 19.1 Å². The number of nitrogens with zero attached hydrogens (tertiary/aromatic N) is 1. The van der Waals surface area contributed by atoms with E-state index in [2.05, 4.69) is 11.8 Å². The molecule has 1 rings (SSSR count). The maximum Gasteiger partial charge on any atom is 0.0540 e. The Balaban J connectivity index is 2.35. The van der Waals surface area contributed by atoms with E-state index >= 15 is 0 Å². The zero-order valence-electron chi connectivity index (χ0n) is 10.9. The van der Waals surface area contributed by atoms with Crippen molar-refractivity contribution in [3.8, 4) is 0 Å². The summed E-state index contributed by atoms with van der Waals surface area (Å²) in [6.07, 6.45) is 5.24. The Hall–Kier alpha value is -0.120. The molecule has 0 bridgehead atoms. The molecule has 0 aromatic heterocycles. The first-order valence-corrected chi connectivity index (χ1v) is 6.81. The van der Waals surface area contributed by atoms with Crippen LogP contribution in [0.3, 0.4) is 0 Å². The van der Waals surface area contributed by atoms with Crippen molar-refractivity contribution in [1.82, 2.24) is 4.90 Å². The summed E-state index contributed by atoms with van der Waals surface area (Å²) in [7, 11) is 0. The smallest absolute Gasteiger partial charge is 0.0540 e. The lowest BCUT2D eigenvalue weighted by Crippen LogP contribution is -2.47. The molecule has 3 nitrogen and oxygen atoms in total. The fourth-order valence-corrected chi connectivity index (χ4v) is 2.64. The number of likely N-dealkylation sites (tertiary alicyclic amines) is 1. The highest BCUT2D eigenvalue weighted by Crippen LogP contribution is 2.21. The fourth-order valence-electron chi connectivity index (χ4n) is 2.64. The van der Waals surface area contributed by atoms with Crippen molar-refractivity contribution in [2.24, 2.45) is 11.7 Å². The molecule has 0 amide bonds. The van der Waals surface area contributed by atoms with Gasteiger partial charge in [0.05, 0.1) is 6.10 Å². The maximum atomic E-state index is 9.70. The first kappa shape index (κ1) is 13.9. The van der Waals surface area contributed by atoms with Gasteiger partial charge in [-0.15, -0.1) is 0 Å². The minimum Gasteiger partial charge on any atom is -0.393 e. The number of hydrogen-bond donors (Lipinski definition) is 2. The van der Waals surface area contributed by atoms with Crippen LogP contribution in [0.1, 0.15) is 46.0 Å². The third-order valence-electron chi connectivity index (χ3n) is 3.55. The van der Waals surface area contributed by atoms with Gasteiger partial charge in [-0.2, -0.15) is 0 Å². The minimum absolute atomic E-state index is 0.136. The Kier molecular flexibility index (Phi) is 6.32. The van der Waals surface area contributed by atoms with E-state index in [4.69, 9.17) is 5.73 Å². The molecule has 0 radical (unpaired) electrons. The van der Waals surface area contributed by atoms with Crippen LogP contribution in [0.4, 0.5) is 0 Å². The van der Waals surface area contributed by atoms with Gasteiger partial charge in [0.2, 0.25) is 0 Å². The fraction of sp³-hybridized carbons (Fsp3) is 1.00. The van der Waals surface area contributed by atoms with Crippen LogP contribution in [0.5, 0.6) is 0 Å². The molecule has 3 heteroatoms. The van der Waals surface area contributed by atoms with E-state index in [9.17, 15) is 5.11 Å². The topological polar surface area (TPSA) is 49.5 Å². The molecule has 1 heterocycles. The van der Waals surface area contributed by atoms with Crippen molar-refractivity contribution in [3.05, 3.63) is 0 Å². The van der Waals surface area contributed by atoms with Crippen LogP contribution in [0.2, 0.25) is 0 Å². The highest BCUT2D eigenvalue weighted by molar-refractivity contribution is 4.82. The summed E-state index contributed by atoms with van der Waals surface area (Å²) < 4.78 is 0. The summed E-state index contributed by atoms with van der Waals surface area (Å²) in [5.41, 5.74) is 6.08. The Labute approximate surface area is 100 Å². The average molecular weight is 228 g/mol. The van der Waals surface area contributed by atoms with Crippen LogP contribution >= 0.6 is 0 Å². The van der Waals surface area contributed by atoms with Gasteiger partial charge in [0.1, 0.15) is 0 Å². The van der Waals surface area contributed by atoms with Crippen molar-refractivity contribution >= 4 is 0 Å². The third-order valence-corrected chi connectivity index (χ3v) is 3.55. The van der Waals surface area contributed by atoms with Gasteiger partial charge < -0.3 is 15.7 Å². The van der Waals surface area contributed by atoms with Crippen molar-refractivity contribution in [2.75, 3.05) is 19.6 Å². The Morgan fingerprint density at radius 1 is 1.38 bits per heavy atom. The normalized spacial score (nSPS) is 29.2. The van der Waals surface area contributed by atoms with E-state index in [1.165, 1.54) is 19.4 Å². The number of hydrogen-bond acceptors (Lipinski definition) is 3. The second-order valence-electron chi connectivity index (χ2n) is 5.27. The second-order valence-corrected chi connectivity index (χ2v) is 5.27. The maximum absolute atomic E-state index is 9.70. The van der Waals surface area contributed by atoms with Gasteiger partial charge in [-0.3, -0.25) is 0 Å². The van der Waals surface area contributed by atoms with Crippen LogP contribution < -0.4 is 5.73 Å².